The van der Waals surface area contributed by atoms with Gasteiger partial charge < -0.3 is 4.84 Å². The molecule has 0 unspecified atom stereocenters. The van der Waals surface area contributed by atoms with Crippen LogP contribution >= 0.6 is 0 Å². The number of oxime groups is 1. The van der Waals surface area contributed by atoms with Gasteiger partial charge in [-0.05, 0) is 67.2 Å². The quantitative estimate of drug-likeness (QED) is 0.589. The van der Waals surface area contributed by atoms with Crippen molar-refractivity contribution >= 4 is 16.4 Å². The van der Waals surface area contributed by atoms with Crippen LogP contribution in [0, 0.1) is 11.8 Å². The van der Waals surface area contributed by atoms with Crippen LogP contribution < -0.4 is 4.72 Å². The van der Waals surface area contributed by atoms with E-state index < -0.39 is 28.5 Å². The van der Waals surface area contributed by atoms with Crippen molar-refractivity contribution in [3.8, 4) is 0 Å². The fourth-order valence-electron chi connectivity index (χ4n) is 5.12. The molecule has 1 saturated heterocycles. The Balaban J connectivity index is 1.62. The molecule has 160 valence electrons. The fourth-order valence-corrected chi connectivity index (χ4v) is 6.82. The second-order valence-electron chi connectivity index (χ2n) is 8.09. The summed E-state index contributed by atoms with van der Waals surface area (Å²) in [6.07, 6.45) is -0.0563. The van der Waals surface area contributed by atoms with Crippen LogP contribution in [-0.2, 0) is 27.9 Å². The first-order valence-corrected chi connectivity index (χ1v) is 11.2. The average Bonchev–Trinajstić information content (AvgIpc) is 2.99. The lowest BCUT2D eigenvalue weighted by atomic mass is 9.79. The van der Waals surface area contributed by atoms with E-state index in [9.17, 15) is 21.6 Å². The summed E-state index contributed by atoms with van der Waals surface area (Å²) >= 11 is 0. The first kappa shape index (κ1) is 20.6. The summed E-state index contributed by atoms with van der Waals surface area (Å²) in [5.41, 5.74) is 2.27. The summed E-state index contributed by atoms with van der Waals surface area (Å²) in [7, 11) is -4.16. The van der Waals surface area contributed by atoms with Crippen molar-refractivity contribution in [2.45, 2.75) is 44.3 Å². The van der Waals surface area contributed by atoms with E-state index >= 15 is 0 Å². The normalized spacial score (nSPS) is 31.3. The Morgan fingerprint density at radius 1 is 1.28 bits per heavy atom. The molecule has 1 aliphatic heterocycles. The molecule has 6 nitrogen and oxygen atoms in total. The van der Waals surface area contributed by atoms with Gasteiger partial charge in [0.15, 0.2) is 0 Å². The van der Waals surface area contributed by atoms with Crippen LogP contribution in [0.3, 0.4) is 0 Å². The summed E-state index contributed by atoms with van der Waals surface area (Å²) < 4.78 is 67.0. The van der Waals surface area contributed by atoms with Crippen LogP contribution in [0.2, 0.25) is 0 Å². The molecule has 2 bridgehead atoms. The molecule has 1 spiro atoms. The molecule has 0 aromatic heterocycles. The molecule has 1 saturated carbocycles. The van der Waals surface area contributed by atoms with Gasteiger partial charge in [0.1, 0.15) is 13.2 Å². The van der Waals surface area contributed by atoms with Crippen molar-refractivity contribution in [3.63, 3.8) is 0 Å². The molecule has 1 aromatic rings. The van der Waals surface area contributed by atoms with Gasteiger partial charge in [0, 0.05) is 6.54 Å². The van der Waals surface area contributed by atoms with Crippen molar-refractivity contribution in [2.24, 2.45) is 17.0 Å². The van der Waals surface area contributed by atoms with Crippen LogP contribution in [0.15, 0.2) is 23.4 Å². The molecule has 0 radical (unpaired) electrons. The van der Waals surface area contributed by atoms with Crippen LogP contribution in [-0.4, -0.2) is 50.3 Å². The molecule has 3 atom stereocenters. The van der Waals surface area contributed by atoms with Gasteiger partial charge in [0.2, 0.25) is 0 Å². The lowest BCUT2D eigenvalue weighted by Crippen LogP contribution is -2.52. The largest absolute Gasteiger partial charge is 0.402 e. The van der Waals surface area contributed by atoms with Crippen LogP contribution in [0.4, 0.5) is 13.2 Å². The zero-order valence-electron chi connectivity index (χ0n) is 16.1. The fraction of sp³-hybridized carbons (Fsp3) is 0.632. The summed E-state index contributed by atoms with van der Waals surface area (Å²) in [4.78, 5) is 5.00. The zero-order chi connectivity index (χ0) is 20.9. The smallest absolute Gasteiger partial charge is 0.396 e. The van der Waals surface area contributed by atoms with E-state index in [1.54, 1.807) is 6.21 Å². The lowest BCUT2D eigenvalue weighted by molar-refractivity contribution is -0.136. The summed E-state index contributed by atoms with van der Waals surface area (Å²) in [6, 6.07) is 5.96. The number of halogens is 3. The minimum absolute atomic E-state index is 0.0234. The third-order valence-corrected chi connectivity index (χ3v) is 7.92. The predicted octanol–water partition coefficient (Wildman–Crippen LogP) is 2.63. The maximum Gasteiger partial charge on any atom is 0.402 e. The molecule has 10 heteroatoms. The maximum atomic E-state index is 12.9. The Bertz CT molecular complexity index is 919. The van der Waals surface area contributed by atoms with Gasteiger partial charge in [-0.25, -0.2) is 0 Å². The van der Waals surface area contributed by atoms with E-state index in [2.05, 4.69) is 9.88 Å². The molecular weight excluding hydrogens is 407 g/mol. The van der Waals surface area contributed by atoms with E-state index in [-0.39, 0.29) is 18.4 Å². The molecule has 0 amide bonds. The van der Waals surface area contributed by atoms with Gasteiger partial charge in [-0.1, -0.05) is 17.3 Å². The number of hydrogen-bond donors (Lipinski definition) is 1. The number of hydrogen-bond acceptors (Lipinski definition) is 4. The Hall–Kier alpha value is -1.65. The average molecular weight is 431 g/mol. The highest BCUT2D eigenvalue weighted by molar-refractivity contribution is 7.87. The zero-order valence-corrected chi connectivity index (χ0v) is 16.9. The van der Waals surface area contributed by atoms with E-state index in [1.807, 2.05) is 25.1 Å². The minimum atomic E-state index is -4.57. The summed E-state index contributed by atoms with van der Waals surface area (Å²) in [5, 5.41) is 3.88. The minimum Gasteiger partial charge on any atom is -0.396 e. The Kier molecular flexibility index (Phi) is 5.15. The Morgan fingerprint density at radius 3 is 2.62 bits per heavy atom. The highest BCUT2D eigenvalue weighted by Crippen LogP contribution is 2.50. The number of nitrogens with one attached hydrogen (secondary N) is 1. The van der Waals surface area contributed by atoms with Crippen molar-refractivity contribution in [3.05, 3.63) is 34.9 Å². The molecule has 4 rings (SSSR count). The third-order valence-electron chi connectivity index (χ3n) is 6.34. The molecule has 1 N–H and O–H groups in total. The maximum absolute atomic E-state index is 12.9. The molecular formula is C19H24F3N3O3S. The second kappa shape index (κ2) is 7.24. The van der Waals surface area contributed by atoms with Crippen LogP contribution in [0.5, 0.6) is 0 Å². The van der Waals surface area contributed by atoms with Crippen LogP contribution in [0.25, 0.3) is 0 Å². The van der Waals surface area contributed by atoms with Crippen LogP contribution in [0.1, 0.15) is 36.5 Å². The predicted molar refractivity (Wildman–Crippen MR) is 102 cm³/mol. The van der Waals surface area contributed by atoms with Gasteiger partial charge in [-0.3, -0.25) is 0 Å². The van der Waals surface area contributed by atoms with Crippen molar-refractivity contribution in [1.29, 1.82) is 0 Å². The Labute approximate surface area is 168 Å². The van der Waals surface area contributed by atoms with Gasteiger partial charge in [-0.2, -0.15) is 30.6 Å². The number of alkyl halides is 3. The number of benzene rings is 1. The van der Waals surface area contributed by atoms with E-state index in [1.165, 1.54) is 0 Å². The summed E-state index contributed by atoms with van der Waals surface area (Å²) in [6.45, 7) is 0.739. The van der Waals surface area contributed by atoms with E-state index in [4.69, 9.17) is 4.84 Å². The van der Waals surface area contributed by atoms with Crippen molar-refractivity contribution in [1.82, 2.24) is 9.03 Å². The third kappa shape index (κ3) is 3.89. The topological polar surface area (TPSA) is 71.0 Å². The number of rotatable bonds is 4. The standard InChI is InChI=1S/C19H24F3N3O3S/c1-2-28-23-10-13-3-4-14-8-16-5-6-17(9-15(14)7-13)18(16)11-25(12-19(20,21)22)29(26,27)24-18/h3-4,7,10,16-17,24H,2,5-6,8-9,11-12H2,1H3/b23-10+/t16-,17+,18+/m0/s1. The second-order valence-corrected chi connectivity index (χ2v) is 9.76. The van der Waals surface area contributed by atoms with Gasteiger partial charge >= 0.3 is 6.18 Å². The highest BCUT2D eigenvalue weighted by atomic mass is 32.2. The van der Waals surface area contributed by atoms with Crippen molar-refractivity contribution in [2.75, 3.05) is 19.7 Å². The van der Waals surface area contributed by atoms with Crippen molar-refractivity contribution < 1.29 is 26.4 Å². The highest BCUT2D eigenvalue weighted by Gasteiger charge is 2.60. The molecule has 2 fully saturated rings. The summed E-state index contributed by atoms with van der Waals surface area (Å²) in [5.74, 6) is -0.0643. The van der Waals surface area contributed by atoms with Gasteiger partial charge in [0.25, 0.3) is 10.2 Å². The molecule has 3 aliphatic rings. The molecule has 29 heavy (non-hydrogen) atoms. The Morgan fingerprint density at radius 2 is 1.97 bits per heavy atom. The number of nitrogens with zero attached hydrogens (tertiary/aromatic N) is 2. The van der Waals surface area contributed by atoms with E-state index in [0.29, 0.717) is 23.8 Å². The molecule has 2 aliphatic carbocycles. The monoisotopic (exact) mass is 431 g/mol. The first-order chi connectivity index (χ1) is 13.6. The first-order valence-electron chi connectivity index (χ1n) is 9.76. The number of fused-ring (bicyclic) bond motifs is 1. The van der Waals surface area contributed by atoms with E-state index in [0.717, 1.165) is 29.5 Å². The lowest BCUT2D eigenvalue weighted by Gasteiger charge is -2.33. The molecule has 1 aromatic carbocycles. The SMILES string of the molecule is CCO/N=C/c1ccc2c(c1)C[C@H]1CC[C@@H](C2)[C@]12CN(CC(F)(F)F)S(=O)(=O)N2. The van der Waals surface area contributed by atoms with Gasteiger partial charge in [-0.15, -0.1) is 0 Å². The van der Waals surface area contributed by atoms with Gasteiger partial charge in [0.05, 0.1) is 11.8 Å². The molecule has 1 heterocycles.